The van der Waals surface area contributed by atoms with Gasteiger partial charge in [-0.2, -0.15) is 0 Å². The molecule has 1 aromatic rings. The van der Waals surface area contributed by atoms with Gasteiger partial charge in [0, 0.05) is 18.9 Å². The maximum atomic E-state index is 6.15. The van der Waals surface area contributed by atoms with E-state index in [9.17, 15) is 0 Å². The van der Waals surface area contributed by atoms with Gasteiger partial charge in [0.25, 0.3) is 0 Å². The van der Waals surface area contributed by atoms with Crippen molar-refractivity contribution in [3.05, 3.63) is 23.8 Å². The molecule has 0 unspecified atom stereocenters. The van der Waals surface area contributed by atoms with Gasteiger partial charge in [0.15, 0.2) is 0 Å². The van der Waals surface area contributed by atoms with Crippen LogP contribution in [0, 0.1) is 0 Å². The third kappa shape index (κ3) is 3.39. The Morgan fingerprint density at radius 2 is 1.94 bits per heavy atom. The van der Waals surface area contributed by atoms with Gasteiger partial charge < -0.3 is 15.2 Å². The third-order valence-electron chi connectivity index (χ3n) is 3.66. The molecule has 1 fully saturated rings. The van der Waals surface area contributed by atoms with Crippen molar-refractivity contribution in [2.75, 3.05) is 26.1 Å². The summed E-state index contributed by atoms with van der Waals surface area (Å²) in [7, 11) is 1.67. The summed E-state index contributed by atoms with van der Waals surface area (Å²) in [6.07, 6.45) is 6.57. The Hall–Kier alpha value is -1.22. The van der Waals surface area contributed by atoms with Crippen LogP contribution in [0.1, 0.15) is 43.6 Å². The lowest BCUT2D eigenvalue weighted by Gasteiger charge is -2.23. The molecule has 0 saturated heterocycles. The van der Waals surface area contributed by atoms with E-state index in [-0.39, 0.29) is 0 Å². The highest BCUT2D eigenvalue weighted by molar-refractivity contribution is 5.53. The summed E-state index contributed by atoms with van der Waals surface area (Å²) >= 11 is 0. The molecule has 2 N–H and O–H groups in total. The number of hydrogen-bond acceptors (Lipinski definition) is 3. The highest BCUT2D eigenvalue weighted by Gasteiger charge is 2.17. The zero-order chi connectivity index (χ0) is 12.8. The van der Waals surface area contributed by atoms with Crippen LogP contribution in [0.3, 0.4) is 0 Å². The highest BCUT2D eigenvalue weighted by atomic mass is 16.5. The van der Waals surface area contributed by atoms with E-state index in [2.05, 4.69) is 6.07 Å². The van der Waals surface area contributed by atoms with Crippen LogP contribution >= 0.6 is 0 Å². The van der Waals surface area contributed by atoms with Crippen LogP contribution in [0.25, 0.3) is 0 Å². The van der Waals surface area contributed by atoms with Gasteiger partial charge >= 0.3 is 0 Å². The molecule has 0 radical (unpaired) electrons. The molecule has 0 aliphatic heterocycles. The molecule has 0 heterocycles. The van der Waals surface area contributed by atoms with Crippen molar-refractivity contribution in [3.63, 3.8) is 0 Å². The summed E-state index contributed by atoms with van der Waals surface area (Å²) in [6.45, 7) is 1.17. The molecule has 3 nitrogen and oxygen atoms in total. The second kappa shape index (κ2) is 6.64. The van der Waals surface area contributed by atoms with Crippen molar-refractivity contribution < 1.29 is 9.47 Å². The van der Waals surface area contributed by atoms with E-state index in [1.807, 2.05) is 12.1 Å². The monoisotopic (exact) mass is 249 g/mol. The lowest BCUT2D eigenvalue weighted by molar-refractivity contribution is 0.146. The SMILES string of the molecule is COCCOc1ccc(C2CCCCC2)c(N)c1. The van der Waals surface area contributed by atoms with Crippen LogP contribution in [0.15, 0.2) is 18.2 Å². The summed E-state index contributed by atoms with van der Waals surface area (Å²) in [4.78, 5) is 0. The molecule has 1 aliphatic carbocycles. The van der Waals surface area contributed by atoms with Crippen molar-refractivity contribution in [1.82, 2.24) is 0 Å². The number of ether oxygens (including phenoxy) is 2. The summed E-state index contributed by atoms with van der Waals surface area (Å²) < 4.78 is 10.5. The Bertz CT molecular complexity index is 373. The molecule has 0 aromatic heterocycles. The van der Waals surface area contributed by atoms with Gasteiger partial charge in [0.05, 0.1) is 6.61 Å². The van der Waals surface area contributed by atoms with E-state index in [1.165, 1.54) is 37.7 Å². The zero-order valence-electron chi connectivity index (χ0n) is 11.2. The molecule has 0 atom stereocenters. The molecule has 1 saturated carbocycles. The first-order valence-electron chi connectivity index (χ1n) is 6.82. The smallest absolute Gasteiger partial charge is 0.121 e. The third-order valence-corrected chi connectivity index (χ3v) is 3.66. The van der Waals surface area contributed by atoms with Crippen LogP contribution in [-0.2, 0) is 4.74 Å². The molecule has 1 aromatic carbocycles. The lowest BCUT2D eigenvalue weighted by atomic mass is 9.83. The Morgan fingerprint density at radius 1 is 1.17 bits per heavy atom. The van der Waals surface area contributed by atoms with Gasteiger partial charge in [0.1, 0.15) is 12.4 Å². The highest BCUT2D eigenvalue weighted by Crippen LogP contribution is 2.36. The van der Waals surface area contributed by atoms with Crippen molar-refractivity contribution in [2.45, 2.75) is 38.0 Å². The fourth-order valence-corrected chi connectivity index (χ4v) is 2.67. The Morgan fingerprint density at radius 3 is 2.61 bits per heavy atom. The van der Waals surface area contributed by atoms with Crippen LogP contribution in [0.5, 0.6) is 5.75 Å². The molecule has 100 valence electrons. The van der Waals surface area contributed by atoms with Crippen LogP contribution in [0.4, 0.5) is 5.69 Å². The van der Waals surface area contributed by atoms with Crippen molar-refractivity contribution in [1.29, 1.82) is 0 Å². The van der Waals surface area contributed by atoms with Gasteiger partial charge in [-0.05, 0) is 30.4 Å². The summed E-state index contributed by atoms with van der Waals surface area (Å²) in [6, 6.07) is 6.10. The Balaban J connectivity index is 2.00. The van der Waals surface area contributed by atoms with Crippen molar-refractivity contribution in [2.24, 2.45) is 0 Å². The molecule has 2 rings (SSSR count). The van der Waals surface area contributed by atoms with Crippen LogP contribution < -0.4 is 10.5 Å². The van der Waals surface area contributed by atoms with E-state index < -0.39 is 0 Å². The van der Waals surface area contributed by atoms with Gasteiger partial charge in [0.2, 0.25) is 0 Å². The predicted octanol–water partition coefficient (Wildman–Crippen LogP) is 3.34. The number of benzene rings is 1. The summed E-state index contributed by atoms with van der Waals surface area (Å²) in [5, 5.41) is 0. The topological polar surface area (TPSA) is 44.5 Å². The number of rotatable bonds is 5. The Labute approximate surface area is 109 Å². The van der Waals surface area contributed by atoms with Gasteiger partial charge in [-0.3, -0.25) is 0 Å². The minimum atomic E-state index is 0.568. The molecular formula is C15H23NO2. The van der Waals surface area contributed by atoms with Crippen molar-refractivity contribution >= 4 is 5.69 Å². The fraction of sp³-hybridized carbons (Fsp3) is 0.600. The molecule has 0 amide bonds. The van der Waals surface area contributed by atoms with Gasteiger partial charge in [-0.15, -0.1) is 0 Å². The number of methoxy groups -OCH3 is 1. The zero-order valence-corrected chi connectivity index (χ0v) is 11.2. The first-order valence-corrected chi connectivity index (χ1v) is 6.82. The van der Waals surface area contributed by atoms with Crippen molar-refractivity contribution in [3.8, 4) is 5.75 Å². The average molecular weight is 249 g/mol. The summed E-state index contributed by atoms with van der Waals surface area (Å²) in [5.41, 5.74) is 8.32. The molecular weight excluding hydrogens is 226 g/mol. The lowest BCUT2D eigenvalue weighted by Crippen LogP contribution is -2.08. The molecule has 3 heteroatoms. The summed E-state index contributed by atoms with van der Waals surface area (Å²) in [5.74, 6) is 1.48. The van der Waals surface area contributed by atoms with E-state index in [1.54, 1.807) is 7.11 Å². The quantitative estimate of drug-likeness (QED) is 0.643. The van der Waals surface area contributed by atoms with Gasteiger partial charge in [-0.1, -0.05) is 25.3 Å². The maximum Gasteiger partial charge on any atom is 0.121 e. The molecule has 0 spiro atoms. The number of nitrogen functional groups attached to an aromatic ring is 1. The van der Waals surface area contributed by atoms with E-state index in [0.29, 0.717) is 19.1 Å². The normalized spacial score (nSPS) is 16.7. The fourth-order valence-electron chi connectivity index (χ4n) is 2.67. The van der Waals surface area contributed by atoms with Gasteiger partial charge in [-0.25, -0.2) is 0 Å². The first-order chi connectivity index (χ1) is 8.81. The number of anilines is 1. The van der Waals surface area contributed by atoms with E-state index in [4.69, 9.17) is 15.2 Å². The van der Waals surface area contributed by atoms with E-state index in [0.717, 1.165) is 11.4 Å². The standard InChI is InChI=1S/C15H23NO2/c1-17-9-10-18-13-7-8-14(15(16)11-13)12-5-3-2-4-6-12/h7-8,11-12H,2-6,9-10,16H2,1H3. The van der Waals surface area contributed by atoms with E-state index >= 15 is 0 Å². The maximum absolute atomic E-state index is 6.15. The average Bonchev–Trinajstić information content (AvgIpc) is 2.40. The second-order valence-electron chi connectivity index (χ2n) is 4.97. The Kier molecular flexibility index (Phi) is 4.88. The minimum Gasteiger partial charge on any atom is -0.491 e. The largest absolute Gasteiger partial charge is 0.491 e. The number of hydrogen-bond donors (Lipinski definition) is 1. The number of nitrogens with two attached hydrogens (primary N) is 1. The molecule has 18 heavy (non-hydrogen) atoms. The molecule has 1 aliphatic rings. The first kappa shape index (κ1) is 13.2. The van der Waals surface area contributed by atoms with Crippen LogP contribution in [0.2, 0.25) is 0 Å². The minimum absolute atomic E-state index is 0.568. The van der Waals surface area contributed by atoms with Crippen LogP contribution in [-0.4, -0.2) is 20.3 Å². The second-order valence-corrected chi connectivity index (χ2v) is 4.97. The predicted molar refractivity (Wildman–Crippen MR) is 74.1 cm³/mol. The molecule has 0 bridgehead atoms.